The van der Waals surface area contributed by atoms with E-state index < -0.39 is 35.3 Å². The highest BCUT2D eigenvalue weighted by molar-refractivity contribution is 6.25. The molecule has 9 rings (SSSR count). The monoisotopic (exact) mass is 746 g/mol. The van der Waals surface area contributed by atoms with E-state index in [2.05, 4.69) is 32.0 Å². The molecule has 1 aliphatic carbocycles. The molecule has 16 heteroatoms. The van der Waals surface area contributed by atoms with Crippen molar-refractivity contribution in [2.75, 3.05) is 36.4 Å². The predicted molar refractivity (Wildman–Crippen MR) is 201 cm³/mol. The summed E-state index contributed by atoms with van der Waals surface area (Å²) < 4.78 is 3.23. The maximum absolute atomic E-state index is 13.7. The van der Waals surface area contributed by atoms with Crippen LogP contribution in [0.5, 0.6) is 0 Å². The fourth-order valence-corrected chi connectivity index (χ4v) is 8.94. The highest BCUT2D eigenvalue weighted by Crippen LogP contribution is 2.39. The summed E-state index contributed by atoms with van der Waals surface area (Å²) >= 11 is 0. The van der Waals surface area contributed by atoms with Crippen molar-refractivity contribution in [2.45, 2.75) is 82.1 Å². The molecule has 0 bridgehead atoms. The first-order valence-corrected chi connectivity index (χ1v) is 19.0. The number of pyridine rings is 1. The van der Waals surface area contributed by atoms with Crippen molar-refractivity contribution in [3.8, 4) is 5.82 Å². The van der Waals surface area contributed by atoms with Gasteiger partial charge in [-0.05, 0) is 62.3 Å². The van der Waals surface area contributed by atoms with Crippen LogP contribution in [-0.4, -0.2) is 107 Å². The number of fused-ring (bicyclic) bond motifs is 3. The number of likely N-dealkylation sites (tertiary alicyclic amines) is 1. The molecular weight excluding hydrogens is 704 g/mol. The number of hydrogen-bond acceptors (Lipinski definition) is 12. The summed E-state index contributed by atoms with van der Waals surface area (Å²) in [5.74, 6) is -1.12. The van der Waals surface area contributed by atoms with Crippen molar-refractivity contribution >= 4 is 46.3 Å². The standard InChI is InChI=1S/C39H42N10O6/c1-3-16-47-35(52)26-19-40-38(44-33(26)49(47)29-10-8-22-12-15-39(55,4-2)32(22)42-29)41-23-20-46(21-23)24-13-17-45(18-14-24)27-7-5-6-25-31(27)37(54)48(36(25)53)28-9-11-30(50)43-34(28)51/h3,5-8,10,19,23-24,28,55H,1,4,9,11-18,20-21H2,2H3,(H,40,41,44)(H,43,50,51)/t28?,39-/m1/s1. The van der Waals surface area contributed by atoms with Crippen molar-refractivity contribution in [1.82, 2.24) is 39.4 Å². The largest absolute Gasteiger partial charge is 0.384 e. The third-order valence-corrected chi connectivity index (χ3v) is 12.0. The SMILES string of the molecule is C=CCn1c(=O)c2cnc(NC3CN(C4CCN(c5cccc6c5C(=O)N(C5CCC(=O)NC5=O)C6=O)CC4)C3)nc2n1-c1ccc2c(n1)[C@@](O)(CC)CC2. The second-order valence-electron chi connectivity index (χ2n) is 15.1. The number of rotatable bonds is 9. The van der Waals surface area contributed by atoms with Crippen LogP contribution in [0.1, 0.15) is 77.4 Å². The summed E-state index contributed by atoms with van der Waals surface area (Å²) in [4.78, 5) is 84.5. The number of aliphatic hydroxyl groups is 1. The van der Waals surface area contributed by atoms with Crippen LogP contribution in [0, 0.1) is 0 Å². The maximum atomic E-state index is 13.7. The van der Waals surface area contributed by atoms with E-state index in [0.717, 1.165) is 42.8 Å². The minimum atomic E-state index is -1.01. The van der Waals surface area contributed by atoms with Gasteiger partial charge < -0.3 is 15.3 Å². The molecule has 7 heterocycles. The van der Waals surface area contributed by atoms with E-state index in [1.54, 1.807) is 29.1 Å². The van der Waals surface area contributed by atoms with E-state index in [-0.39, 0.29) is 36.6 Å². The number of carbonyl (C=O) groups is 4. The average Bonchev–Trinajstić information content (AvgIpc) is 3.75. The first kappa shape index (κ1) is 35.0. The fourth-order valence-electron chi connectivity index (χ4n) is 8.94. The molecule has 0 radical (unpaired) electrons. The molecule has 4 aliphatic heterocycles. The molecule has 0 spiro atoms. The van der Waals surface area contributed by atoms with Crippen LogP contribution in [0.4, 0.5) is 11.6 Å². The quantitative estimate of drug-likeness (QED) is 0.167. The Morgan fingerprint density at radius 3 is 2.56 bits per heavy atom. The third-order valence-electron chi connectivity index (χ3n) is 12.0. The molecule has 4 aromatic rings. The normalized spacial score (nSPS) is 23.3. The van der Waals surface area contributed by atoms with Crippen LogP contribution in [0.25, 0.3) is 16.9 Å². The van der Waals surface area contributed by atoms with Gasteiger partial charge in [0, 0.05) is 44.8 Å². The van der Waals surface area contributed by atoms with Crippen LogP contribution in [0.2, 0.25) is 0 Å². The molecule has 3 fully saturated rings. The molecule has 2 atom stereocenters. The van der Waals surface area contributed by atoms with Crippen LogP contribution in [0.15, 0.2) is 54.0 Å². The lowest BCUT2D eigenvalue weighted by Gasteiger charge is -2.47. The third kappa shape index (κ3) is 5.64. The summed E-state index contributed by atoms with van der Waals surface area (Å²) in [6.07, 6.45) is 7.02. The zero-order chi connectivity index (χ0) is 38.2. The predicted octanol–water partition coefficient (Wildman–Crippen LogP) is 1.87. The van der Waals surface area contributed by atoms with E-state index in [1.165, 1.54) is 4.68 Å². The summed E-state index contributed by atoms with van der Waals surface area (Å²) in [5, 5.41) is 17.3. The van der Waals surface area contributed by atoms with Gasteiger partial charge >= 0.3 is 0 Å². The number of anilines is 2. The van der Waals surface area contributed by atoms with Gasteiger partial charge in [-0.15, -0.1) is 6.58 Å². The number of nitrogens with one attached hydrogen (secondary N) is 2. The van der Waals surface area contributed by atoms with Gasteiger partial charge in [-0.1, -0.05) is 25.1 Å². The molecule has 3 saturated heterocycles. The van der Waals surface area contributed by atoms with E-state index >= 15 is 0 Å². The molecule has 3 aromatic heterocycles. The van der Waals surface area contributed by atoms with Gasteiger partial charge in [-0.3, -0.25) is 39.1 Å². The minimum absolute atomic E-state index is 0.0744. The van der Waals surface area contributed by atoms with Gasteiger partial charge in [0.1, 0.15) is 17.0 Å². The Bertz CT molecular complexity index is 2360. The van der Waals surface area contributed by atoms with Crippen molar-refractivity contribution in [3.05, 3.63) is 81.9 Å². The number of nitrogens with zero attached hydrogens (tertiary/aromatic N) is 8. The smallest absolute Gasteiger partial charge is 0.278 e. The van der Waals surface area contributed by atoms with Crippen molar-refractivity contribution in [2.24, 2.45) is 0 Å². The lowest BCUT2D eigenvalue weighted by atomic mass is 9.96. The Morgan fingerprint density at radius 2 is 1.82 bits per heavy atom. The lowest BCUT2D eigenvalue weighted by Crippen LogP contribution is -2.60. The first-order valence-electron chi connectivity index (χ1n) is 19.0. The summed E-state index contributed by atoms with van der Waals surface area (Å²) in [5.41, 5.74) is 2.12. The number of carbonyl (C=O) groups excluding carboxylic acids is 4. The molecular formula is C39H42N10O6. The van der Waals surface area contributed by atoms with Gasteiger partial charge in [-0.2, -0.15) is 4.98 Å². The Balaban J connectivity index is 0.868. The zero-order valence-electron chi connectivity index (χ0n) is 30.5. The molecule has 1 unspecified atom stereocenters. The Morgan fingerprint density at radius 1 is 1.02 bits per heavy atom. The van der Waals surface area contributed by atoms with Crippen LogP contribution < -0.4 is 21.1 Å². The average molecular weight is 747 g/mol. The fraction of sp³-hybridized carbons (Fsp3) is 0.436. The highest BCUT2D eigenvalue weighted by atomic mass is 16.3. The number of amides is 4. The Kier molecular flexibility index (Phi) is 8.42. The van der Waals surface area contributed by atoms with Crippen molar-refractivity contribution in [3.63, 3.8) is 0 Å². The second-order valence-corrected chi connectivity index (χ2v) is 15.1. The molecule has 0 saturated carbocycles. The number of benzene rings is 1. The van der Waals surface area contributed by atoms with E-state index in [9.17, 15) is 29.1 Å². The van der Waals surface area contributed by atoms with Crippen LogP contribution >= 0.6 is 0 Å². The summed E-state index contributed by atoms with van der Waals surface area (Å²) in [6, 6.07) is 8.51. The van der Waals surface area contributed by atoms with Gasteiger partial charge in [0.05, 0.1) is 35.1 Å². The number of imide groups is 2. The van der Waals surface area contributed by atoms with Gasteiger partial charge in [0.15, 0.2) is 11.5 Å². The van der Waals surface area contributed by atoms with Gasteiger partial charge in [-0.25, -0.2) is 19.3 Å². The Labute approximate surface area is 315 Å². The lowest BCUT2D eigenvalue weighted by molar-refractivity contribution is -0.136. The summed E-state index contributed by atoms with van der Waals surface area (Å²) in [6.45, 7) is 8.99. The molecule has 16 nitrogen and oxygen atoms in total. The van der Waals surface area contributed by atoms with Crippen molar-refractivity contribution < 1.29 is 24.3 Å². The summed E-state index contributed by atoms with van der Waals surface area (Å²) in [7, 11) is 0. The van der Waals surface area contributed by atoms with Gasteiger partial charge in [0.2, 0.25) is 17.8 Å². The second kappa shape index (κ2) is 13.2. The molecule has 3 N–H and O–H groups in total. The number of aryl methyl sites for hydroxylation is 1. The topological polar surface area (TPSA) is 188 Å². The molecule has 1 aromatic carbocycles. The van der Waals surface area contributed by atoms with Crippen LogP contribution in [-0.2, 0) is 28.2 Å². The minimum Gasteiger partial charge on any atom is -0.384 e. The van der Waals surface area contributed by atoms with E-state index in [1.807, 2.05) is 25.1 Å². The molecule has 284 valence electrons. The van der Waals surface area contributed by atoms with Crippen LogP contribution in [0.3, 0.4) is 0 Å². The Hall–Kier alpha value is -5.74. The molecule has 5 aliphatic rings. The first-order chi connectivity index (χ1) is 26.6. The van der Waals surface area contributed by atoms with E-state index in [0.29, 0.717) is 71.7 Å². The highest BCUT2D eigenvalue weighted by Gasteiger charge is 2.46. The molecule has 4 amide bonds. The number of aromatic nitrogens is 5. The van der Waals surface area contributed by atoms with E-state index in [4.69, 9.17) is 9.97 Å². The van der Waals surface area contributed by atoms with Gasteiger partial charge in [0.25, 0.3) is 17.4 Å². The zero-order valence-corrected chi connectivity index (χ0v) is 30.5. The molecule has 55 heavy (non-hydrogen) atoms. The van der Waals surface area contributed by atoms with Crippen molar-refractivity contribution in [1.29, 1.82) is 0 Å². The number of hydrogen-bond donors (Lipinski definition) is 3. The number of piperidine rings is 2. The maximum Gasteiger partial charge on any atom is 0.278 e. The number of allylic oxidation sites excluding steroid dienone is 1.